The van der Waals surface area contributed by atoms with E-state index in [0.29, 0.717) is 23.7 Å². The van der Waals surface area contributed by atoms with Crippen LogP contribution in [0, 0.1) is 6.92 Å². The van der Waals surface area contributed by atoms with Gasteiger partial charge in [0.1, 0.15) is 5.82 Å². The topological polar surface area (TPSA) is 80.7 Å². The summed E-state index contributed by atoms with van der Waals surface area (Å²) in [4.78, 5) is 7.73. The van der Waals surface area contributed by atoms with Crippen molar-refractivity contribution in [3.63, 3.8) is 0 Å². The molecule has 2 aromatic carbocycles. The summed E-state index contributed by atoms with van der Waals surface area (Å²) in [6.45, 7) is 7.99. The quantitative estimate of drug-likeness (QED) is 0.428. The summed E-state index contributed by atoms with van der Waals surface area (Å²) >= 11 is 0. The van der Waals surface area contributed by atoms with Gasteiger partial charge in [-0.1, -0.05) is 36.8 Å². The van der Waals surface area contributed by atoms with Crippen LogP contribution < -0.4 is 15.5 Å². The Kier molecular flexibility index (Phi) is 6.15. The molecule has 6 nitrogen and oxygen atoms in total. The molecule has 7 heteroatoms. The highest BCUT2D eigenvalue weighted by Crippen LogP contribution is 2.51. The monoisotopic (exact) mass is 426 g/mol. The maximum absolute atomic E-state index is 10.7. The molecule has 1 aliphatic heterocycles. The van der Waals surface area contributed by atoms with Crippen molar-refractivity contribution < 1.29 is 9.11 Å². The number of hydrogen-bond acceptors (Lipinski definition) is 6. The summed E-state index contributed by atoms with van der Waals surface area (Å²) in [6, 6.07) is 16.0. The van der Waals surface area contributed by atoms with Gasteiger partial charge in [-0.25, -0.2) is 4.98 Å². The van der Waals surface area contributed by atoms with E-state index >= 15 is 0 Å². The van der Waals surface area contributed by atoms with E-state index in [1.807, 2.05) is 24.3 Å². The van der Waals surface area contributed by atoms with Crippen molar-refractivity contribution in [3.05, 3.63) is 59.7 Å². The van der Waals surface area contributed by atoms with E-state index in [9.17, 15) is 9.11 Å². The van der Waals surface area contributed by atoms with Gasteiger partial charge in [-0.05, 0) is 37.2 Å². The van der Waals surface area contributed by atoms with Gasteiger partial charge >= 0.3 is 0 Å². The van der Waals surface area contributed by atoms with Gasteiger partial charge in [0.2, 0.25) is 0 Å². The van der Waals surface area contributed by atoms with Crippen LogP contribution in [0.1, 0.15) is 18.1 Å². The zero-order chi connectivity index (χ0) is 21.1. The second-order valence-electron chi connectivity index (χ2n) is 7.73. The largest absolute Gasteiger partial charge is 0.383 e. The fourth-order valence-electron chi connectivity index (χ4n) is 3.88. The molecule has 4 N–H and O–H groups in total. The normalized spacial score (nSPS) is 16.7. The molecular weight excluding hydrogens is 396 g/mol. The molecule has 0 saturated carbocycles. The number of anilines is 2. The van der Waals surface area contributed by atoms with Crippen LogP contribution in [0.3, 0.4) is 0 Å². The molecule has 2 heterocycles. The number of aryl methyl sites for hydroxylation is 1. The van der Waals surface area contributed by atoms with Gasteiger partial charge in [0, 0.05) is 43.3 Å². The highest BCUT2D eigenvalue weighted by atomic mass is 32.3. The van der Waals surface area contributed by atoms with E-state index in [2.05, 4.69) is 53.6 Å². The van der Waals surface area contributed by atoms with Gasteiger partial charge in [0.05, 0.1) is 16.2 Å². The minimum absolute atomic E-state index is 0.306. The second-order valence-corrected chi connectivity index (χ2v) is 9.91. The molecule has 0 spiro atoms. The molecule has 1 aliphatic rings. The van der Waals surface area contributed by atoms with Crippen LogP contribution in [0.25, 0.3) is 10.9 Å². The highest BCUT2D eigenvalue weighted by molar-refractivity contribution is 8.24. The molecule has 0 aliphatic carbocycles. The number of rotatable bonds is 6. The van der Waals surface area contributed by atoms with Crippen molar-refractivity contribution in [2.75, 3.05) is 42.1 Å². The first kappa shape index (κ1) is 20.9. The molecule has 160 valence electrons. The van der Waals surface area contributed by atoms with Crippen molar-refractivity contribution in [3.8, 4) is 0 Å². The lowest BCUT2D eigenvalue weighted by atomic mass is 10.1. The van der Waals surface area contributed by atoms with Crippen molar-refractivity contribution in [2.24, 2.45) is 0 Å². The Morgan fingerprint density at radius 1 is 1.10 bits per heavy atom. The molecule has 0 saturated heterocycles. The number of aromatic nitrogens is 1. The van der Waals surface area contributed by atoms with Gasteiger partial charge in [0.25, 0.3) is 0 Å². The zero-order valence-electron chi connectivity index (χ0n) is 17.6. The first-order valence-corrected chi connectivity index (χ1v) is 12.1. The van der Waals surface area contributed by atoms with Crippen molar-refractivity contribution >= 4 is 33.0 Å². The Morgan fingerprint density at radius 3 is 2.77 bits per heavy atom. The smallest absolute Gasteiger partial charge is 0.131 e. The van der Waals surface area contributed by atoms with E-state index in [0.717, 1.165) is 47.6 Å². The molecule has 0 fully saturated rings. The Labute approximate surface area is 179 Å². The number of nitrogens with zero attached hydrogens (tertiary/aromatic N) is 2. The average Bonchev–Trinajstić information content (AvgIpc) is 2.87. The van der Waals surface area contributed by atoms with Gasteiger partial charge in [-0.2, -0.15) is 10.6 Å². The number of pyridine rings is 1. The number of benzene rings is 2. The summed E-state index contributed by atoms with van der Waals surface area (Å²) in [5.74, 6) is 1.16. The Balaban J connectivity index is 1.71. The minimum Gasteiger partial charge on any atom is -0.383 e. The van der Waals surface area contributed by atoms with Gasteiger partial charge < -0.3 is 15.5 Å². The first-order valence-electron chi connectivity index (χ1n) is 10.4. The van der Waals surface area contributed by atoms with Crippen molar-refractivity contribution in [1.29, 1.82) is 0 Å². The third-order valence-electron chi connectivity index (χ3n) is 5.47. The van der Waals surface area contributed by atoms with Gasteiger partial charge in [-0.3, -0.25) is 9.11 Å². The molecule has 0 atom stereocenters. The number of hydrogen-bond donors (Lipinski definition) is 4. The van der Waals surface area contributed by atoms with Gasteiger partial charge in [-0.15, -0.1) is 0 Å². The van der Waals surface area contributed by atoms with Crippen LogP contribution in [-0.2, 0) is 6.54 Å². The van der Waals surface area contributed by atoms with Gasteiger partial charge in [0.15, 0.2) is 0 Å². The summed E-state index contributed by atoms with van der Waals surface area (Å²) in [5, 5.41) is 8.01. The summed E-state index contributed by atoms with van der Waals surface area (Å²) < 4.78 is 21.3. The van der Waals surface area contributed by atoms with E-state index < -0.39 is 10.6 Å². The maximum Gasteiger partial charge on any atom is 0.131 e. The van der Waals surface area contributed by atoms with Crippen LogP contribution in [0.4, 0.5) is 11.5 Å². The van der Waals surface area contributed by atoms with Crippen LogP contribution in [-0.4, -0.2) is 46.0 Å². The lowest BCUT2D eigenvalue weighted by Gasteiger charge is -2.32. The summed E-state index contributed by atoms with van der Waals surface area (Å²) in [5.41, 5.74) is 4.14. The third kappa shape index (κ3) is 4.39. The predicted molar refractivity (Wildman–Crippen MR) is 127 cm³/mol. The van der Waals surface area contributed by atoms with E-state index in [4.69, 9.17) is 4.98 Å². The average molecular weight is 427 g/mol. The van der Waals surface area contributed by atoms with E-state index in [1.54, 1.807) is 0 Å². The minimum atomic E-state index is -2.79. The molecule has 30 heavy (non-hydrogen) atoms. The predicted octanol–water partition coefficient (Wildman–Crippen LogP) is 4.69. The van der Waals surface area contributed by atoms with Crippen LogP contribution in [0.5, 0.6) is 0 Å². The SMILES string of the molecule is CCNCCNc1cc(N2CCS(O)(O)c3ccccc3C2)nc2ccc(C)cc12. The number of nitrogens with one attached hydrogen (secondary N) is 2. The Morgan fingerprint density at radius 2 is 1.93 bits per heavy atom. The van der Waals surface area contributed by atoms with Crippen LogP contribution in [0.2, 0.25) is 0 Å². The Bertz CT molecular complexity index is 1040. The fraction of sp³-hybridized carbons (Fsp3) is 0.348. The standard InChI is InChI=1S/C23H30N4O2S/c1-3-24-10-11-25-21-15-23(26-20-9-8-17(2)14-19(20)21)27-12-13-30(28,29)22-7-5-4-6-18(22)16-27/h4-9,14-15,24,28-29H,3,10-13,16H2,1-2H3,(H,25,26). The molecule has 0 bridgehead atoms. The molecular formula is C23H30N4O2S. The van der Waals surface area contributed by atoms with Crippen molar-refractivity contribution in [1.82, 2.24) is 10.3 Å². The number of likely N-dealkylation sites (N-methyl/N-ethyl adjacent to an activating group) is 1. The van der Waals surface area contributed by atoms with Crippen LogP contribution in [0.15, 0.2) is 53.4 Å². The van der Waals surface area contributed by atoms with E-state index in [1.165, 1.54) is 5.56 Å². The molecule has 4 rings (SSSR count). The molecule has 1 aromatic heterocycles. The van der Waals surface area contributed by atoms with Crippen molar-refractivity contribution in [2.45, 2.75) is 25.3 Å². The lowest BCUT2D eigenvalue weighted by molar-refractivity contribution is 0.488. The molecule has 0 radical (unpaired) electrons. The molecule has 0 unspecified atom stereocenters. The maximum atomic E-state index is 10.7. The molecule has 0 amide bonds. The zero-order valence-corrected chi connectivity index (χ0v) is 18.4. The van der Waals surface area contributed by atoms with E-state index in [-0.39, 0.29) is 0 Å². The molecule has 3 aromatic rings. The van der Waals surface area contributed by atoms with Crippen LogP contribution >= 0.6 is 10.6 Å². The summed E-state index contributed by atoms with van der Waals surface area (Å²) in [6.07, 6.45) is 0. The second kappa shape index (κ2) is 8.81. The fourth-order valence-corrected chi connectivity index (χ4v) is 5.42. The highest BCUT2D eigenvalue weighted by Gasteiger charge is 2.26. The first-order chi connectivity index (χ1) is 14.5. The lowest BCUT2D eigenvalue weighted by Crippen LogP contribution is -2.26. The third-order valence-corrected chi connectivity index (χ3v) is 7.33. The Hall–Kier alpha value is -2.32. The number of fused-ring (bicyclic) bond motifs is 2. The summed E-state index contributed by atoms with van der Waals surface area (Å²) in [7, 11) is -2.79.